The lowest BCUT2D eigenvalue weighted by Crippen LogP contribution is -2.27. The highest BCUT2D eigenvalue weighted by atomic mass is 35.5. The van der Waals surface area contributed by atoms with Crippen LogP contribution in [-0.2, 0) is 16.0 Å². The average Bonchev–Trinajstić information content (AvgIpc) is 2.27. The molecule has 0 radical (unpaired) electrons. The Hall–Kier alpha value is -1.55. The smallest absolute Gasteiger partial charge is 0.412 e. The van der Waals surface area contributed by atoms with Crippen molar-refractivity contribution in [3.63, 3.8) is 0 Å². The Bertz CT molecular complexity index is 466. The fourth-order valence-electron chi connectivity index (χ4n) is 1.46. The number of amides is 1. The van der Waals surface area contributed by atoms with Gasteiger partial charge in [0.1, 0.15) is 11.9 Å². The van der Waals surface area contributed by atoms with Crippen molar-refractivity contribution in [2.24, 2.45) is 0 Å². The topological polar surface area (TPSA) is 55.4 Å². The summed E-state index contributed by atoms with van der Waals surface area (Å²) in [7, 11) is 0. The van der Waals surface area contributed by atoms with Gasteiger partial charge in [-0.2, -0.15) is 0 Å². The molecule has 1 aromatic rings. The Balaban J connectivity index is 2.76. The summed E-state index contributed by atoms with van der Waals surface area (Å²) < 4.78 is 5.15. The Labute approximate surface area is 118 Å². The standard InChI is InChI=1S/C14H18ClNO3/c1-14(2,3)19-13(18)16-12-9-10(5-4-8-17)6-7-11(12)15/h6-9H,4-5H2,1-3H3,(H,16,18). The molecular weight excluding hydrogens is 266 g/mol. The summed E-state index contributed by atoms with van der Waals surface area (Å²) in [6.07, 6.45) is 1.36. The second-order valence-electron chi connectivity index (χ2n) is 5.15. The normalized spacial score (nSPS) is 10.9. The predicted molar refractivity (Wildman–Crippen MR) is 75.7 cm³/mol. The molecule has 1 N–H and O–H groups in total. The van der Waals surface area contributed by atoms with Crippen LogP contribution in [0.25, 0.3) is 0 Å². The second kappa shape index (κ2) is 6.57. The summed E-state index contributed by atoms with van der Waals surface area (Å²) in [5.41, 5.74) is 0.855. The lowest BCUT2D eigenvalue weighted by Gasteiger charge is -2.20. The Morgan fingerprint density at radius 2 is 2.11 bits per heavy atom. The Morgan fingerprint density at radius 1 is 1.42 bits per heavy atom. The van der Waals surface area contributed by atoms with E-state index in [4.69, 9.17) is 16.3 Å². The molecule has 1 amide bonds. The highest BCUT2D eigenvalue weighted by molar-refractivity contribution is 6.33. The van der Waals surface area contributed by atoms with Crippen LogP contribution in [0.4, 0.5) is 10.5 Å². The molecule has 0 atom stereocenters. The molecular formula is C14H18ClNO3. The van der Waals surface area contributed by atoms with Gasteiger partial charge in [-0.25, -0.2) is 4.79 Å². The van der Waals surface area contributed by atoms with Crippen molar-refractivity contribution in [2.45, 2.75) is 39.2 Å². The molecule has 1 rings (SSSR count). The lowest BCUT2D eigenvalue weighted by atomic mass is 10.1. The van der Waals surface area contributed by atoms with Gasteiger partial charge in [-0.15, -0.1) is 0 Å². The van der Waals surface area contributed by atoms with Crippen LogP contribution in [0.15, 0.2) is 18.2 Å². The van der Waals surface area contributed by atoms with Crippen LogP contribution in [0.5, 0.6) is 0 Å². The van der Waals surface area contributed by atoms with Gasteiger partial charge in [0.05, 0.1) is 10.7 Å². The molecule has 104 valence electrons. The van der Waals surface area contributed by atoms with Crippen molar-refractivity contribution >= 4 is 29.7 Å². The van der Waals surface area contributed by atoms with Crippen molar-refractivity contribution in [3.8, 4) is 0 Å². The molecule has 0 aromatic heterocycles. The first-order chi connectivity index (χ1) is 8.81. The SMILES string of the molecule is CC(C)(C)OC(=O)Nc1cc(CCC=O)ccc1Cl. The number of benzene rings is 1. The number of carbonyl (C=O) groups is 2. The van der Waals surface area contributed by atoms with Gasteiger partial charge in [0.25, 0.3) is 0 Å². The van der Waals surface area contributed by atoms with Gasteiger partial charge in [-0.3, -0.25) is 5.32 Å². The minimum absolute atomic E-state index is 0.431. The molecule has 0 aliphatic rings. The molecule has 0 spiro atoms. The van der Waals surface area contributed by atoms with E-state index in [0.29, 0.717) is 23.6 Å². The Kier molecular flexibility index (Phi) is 5.36. The number of aryl methyl sites for hydroxylation is 1. The maximum Gasteiger partial charge on any atom is 0.412 e. The van der Waals surface area contributed by atoms with Crippen LogP contribution in [0, 0.1) is 0 Å². The molecule has 0 unspecified atom stereocenters. The highest BCUT2D eigenvalue weighted by Gasteiger charge is 2.17. The van der Waals surface area contributed by atoms with Gasteiger partial charge in [0.15, 0.2) is 0 Å². The number of aldehydes is 1. The van der Waals surface area contributed by atoms with Crippen LogP contribution in [0.3, 0.4) is 0 Å². The largest absolute Gasteiger partial charge is 0.444 e. The van der Waals surface area contributed by atoms with Gasteiger partial charge in [-0.05, 0) is 44.9 Å². The van der Waals surface area contributed by atoms with E-state index in [2.05, 4.69) is 5.32 Å². The first-order valence-corrected chi connectivity index (χ1v) is 6.41. The van der Waals surface area contributed by atoms with Crippen molar-refractivity contribution in [1.29, 1.82) is 0 Å². The molecule has 0 saturated heterocycles. The summed E-state index contributed by atoms with van der Waals surface area (Å²) >= 11 is 6.01. The van der Waals surface area contributed by atoms with E-state index in [-0.39, 0.29) is 0 Å². The summed E-state index contributed by atoms with van der Waals surface area (Å²) in [6.45, 7) is 5.36. The first-order valence-electron chi connectivity index (χ1n) is 6.04. The number of halogens is 1. The van der Waals surface area contributed by atoms with Crippen LogP contribution in [0.2, 0.25) is 5.02 Å². The van der Waals surface area contributed by atoms with Gasteiger partial charge < -0.3 is 9.53 Å². The predicted octanol–water partition coefficient (Wildman–Crippen LogP) is 3.82. The van der Waals surface area contributed by atoms with E-state index in [1.165, 1.54) is 0 Å². The lowest BCUT2D eigenvalue weighted by molar-refractivity contribution is -0.107. The Morgan fingerprint density at radius 3 is 2.68 bits per heavy atom. The zero-order chi connectivity index (χ0) is 14.5. The van der Waals surface area contributed by atoms with E-state index in [0.717, 1.165) is 11.8 Å². The van der Waals surface area contributed by atoms with Crippen LogP contribution < -0.4 is 5.32 Å². The fraction of sp³-hybridized carbons (Fsp3) is 0.429. The van der Waals surface area contributed by atoms with Crippen molar-refractivity contribution in [2.75, 3.05) is 5.32 Å². The van der Waals surface area contributed by atoms with E-state index in [1.54, 1.807) is 32.9 Å². The highest BCUT2D eigenvalue weighted by Crippen LogP contribution is 2.24. The van der Waals surface area contributed by atoms with Gasteiger partial charge in [0, 0.05) is 6.42 Å². The first kappa shape index (κ1) is 15.5. The van der Waals surface area contributed by atoms with E-state index in [9.17, 15) is 9.59 Å². The van der Waals surface area contributed by atoms with Gasteiger partial charge in [-0.1, -0.05) is 17.7 Å². The van der Waals surface area contributed by atoms with Crippen molar-refractivity contribution < 1.29 is 14.3 Å². The monoisotopic (exact) mass is 283 g/mol. The zero-order valence-corrected chi connectivity index (χ0v) is 12.1. The number of anilines is 1. The average molecular weight is 284 g/mol. The number of ether oxygens (including phenoxy) is 1. The summed E-state index contributed by atoms with van der Waals surface area (Å²) in [6, 6.07) is 5.26. The van der Waals surface area contributed by atoms with E-state index in [1.807, 2.05) is 6.07 Å². The number of carbonyl (C=O) groups excluding carboxylic acids is 2. The molecule has 0 aliphatic heterocycles. The maximum atomic E-state index is 11.7. The molecule has 1 aromatic carbocycles. The van der Waals surface area contributed by atoms with Crippen molar-refractivity contribution in [1.82, 2.24) is 0 Å². The van der Waals surface area contributed by atoms with Crippen molar-refractivity contribution in [3.05, 3.63) is 28.8 Å². The van der Waals surface area contributed by atoms with Crippen LogP contribution in [-0.4, -0.2) is 18.0 Å². The maximum absolute atomic E-state index is 11.7. The summed E-state index contributed by atoms with van der Waals surface area (Å²) in [5.74, 6) is 0. The molecule has 0 aliphatic carbocycles. The molecule has 0 heterocycles. The van der Waals surface area contributed by atoms with Gasteiger partial charge >= 0.3 is 6.09 Å². The minimum Gasteiger partial charge on any atom is -0.444 e. The molecule has 0 saturated carbocycles. The summed E-state index contributed by atoms with van der Waals surface area (Å²) in [4.78, 5) is 22.0. The third kappa shape index (κ3) is 5.75. The quantitative estimate of drug-likeness (QED) is 0.855. The summed E-state index contributed by atoms with van der Waals surface area (Å²) in [5, 5.41) is 3.03. The number of hydrogen-bond acceptors (Lipinski definition) is 3. The minimum atomic E-state index is -0.564. The van der Waals surface area contributed by atoms with E-state index < -0.39 is 11.7 Å². The molecule has 0 fully saturated rings. The number of hydrogen-bond donors (Lipinski definition) is 1. The third-order valence-electron chi connectivity index (χ3n) is 2.22. The number of nitrogens with one attached hydrogen (secondary N) is 1. The molecule has 19 heavy (non-hydrogen) atoms. The van der Waals surface area contributed by atoms with E-state index >= 15 is 0 Å². The molecule has 0 bridgehead atoms. The van der Waals surface area contributed by atoms with Crippen LogP contribution >= 0.6 is 11.6 Å². The second-order valence-corrected chi connectivity index (χ2v) is 5.55. The van der Waals surface area contributed by atoms with Gasteiger partial charge in [0.2, 0.25) is 0 Å². The molecule has 5 heteroatoms. The third-order valence-corrected chi connectivity index (χ3v) is 2.55. The number of rotatable bonds is 4. The fourth-order valence-corrected chi connectivity index (χ4v) is 1.63. The molecule has 4 nitrogen and oxygen atoms in total. The zero-order valence-electron chi connectivity index (χ0n) is 11.3. The van der Waals surface area contributed by atoms with Crippen LogP contribution in [0.1, 0.15) is 32.8 Å².